The molecular formula is C13H19N3O. The summed E-state index contributed by atoms with van der Waals surface area (Å²) in [6.07, 6.45) is 2.01. The number of nitrogens with two attached hydrogens (primary N) is 1. The van der Waals surface area contributed by atoms with Crippen LogP contribution in [0.1, 0.15) is 30.1 Å². The van der Waals surface area contributed by atoms with Crippen molar-refractivity contribution in [1.82, 2.24) is 5.32 Å². The first-order valence-corrected chi connectivity index (χ1v) is 6.09. The number of benzene rings is 1. The molecule has 1 saturated carbocycles. The molecule has 1 aliphatic rings. The molecule has 17 heavy (non-hydrogen) atoms. The second kappa shape index (κ2) is 5.19. The average molecular weight is 233 g/mol. The van der Waals surface area contributed by atoms with Gasteiger partial charge in [0.15, 0.2) is 0 Å². The van der Waals surface area contributed by atoms with Crippen LogP contribution in [0, 0.1) is 0 Å². The molecule has 4 heteroatoms. The Morgan fingerprint density at radius 1 is 1.47 bits per heavy atom. The molecule has 1 amide bonds. The maximum atomic E-state index is 11.7. The van der Waals surface area contributed by atoms with Crippen LogP contribution in [0.4, 0.5) is 5.69 Å². The van der Waals surface area contributed by atoms with E-state index >= 15 is 0 Å². The molecular weight excluding hydrogens is 214 g/mol. The largest absolute Gasteiger partial charge is 0.382 e. The summed E-state index contributed by atoms with van der Waals surface area (Å²) >= 11 is 0. The zero-order valence-electron chi connectivity index (χ0n) is 10.1. The minimum atomic E-state index is -0.0264. The fourth-order valence-electron chi connectivity index (χ4n) is 2.03. The van der Waals surface area contributed by atoms with Gasteiger partial charge in [0.1, 0.15) is 0 Å². The van der Waals surface area contributed by atoms with E-state index in [9.17, 15) is 4.79 Å². The highest BCUT2D eigenvalue weighted by atomic mass is 16.1. The molecule has 0 bridgehead atoms. The van der Waals surface area contributed by atoms with Gasteiger partial charge in [0.25, 0.3) is 5.91 Å². The fourth-order valence-corrected chi connectivity index (χ4v) is 2.03. The van der Waals surface area contributed by atoms with Crippen molar-refractivity contribution in [2.24, 2.45) is 5.73 Å². The number of rotatable bonds is 4. The highest BCUT2D eigenvalue weighted by Crippen LogP contribution is 2.23. The van der Waals surface area contributed by atoms with Gasteiger partial charge < -0.3 is 16.4 Å². The Balaban J connectivity index is 1.98. The predicted molar refractivity (Wildman–Crippen MR) is 69.1 cm³/mol. The Bertz CT molecular complexity index is 399. The summed E-state index contributed by atoms with van der Waals surface area (Å²) in [6.45, 7) is 2.56. The molecule has 0 atom stereocenters. The van der Waals surface area contributed by atoms with Crippen molar-refractivity contribution in [3.63, 3.8) is 0 Å². The first-order valence-electron chi connectivity index (χ1n) is 6.09. The van der Waals surface area contributed by atoms with Gasteiger partial charge in [-0.1, -0.05) is 6.07 Å². The number of nitrogens with one attached hydrogen (secondary N) is 2. The monoisotopic (exact) mass is 233 g/mol. The van der Waals surface area contributed by atoms with Gasteiger partial charge in [-0.3, -0.25) is 4.79 Å². The van der Waals surface area contributed by atoms with Gasteiger partial charge in [0.05, 0.1) is 0 Å². The molecule has 1 aromatic rings. The Labute approximate surface area is 102 Å². The van der Waals surface area contributed by atoms with E-state index in [0.29, 0.717) is 24.2 Å². The zero-order valence-corrected chi connectivity index (χ0v) is 10.1. The quantitative estimate of drug-likeness (QED) is 0.735. The maximum Gasteiger partial charge on any atom is 0.251 e. The molecule has 0 radical (unpaired) electrons. The topological polar surface area (TPSA) is 67.2 Å². The van der Waals surface area contributed by atoms with Crippen LogP contribution in [0.25, 0.3) is 0 Å². The molecule has 0 spiro atoms. The van der Waals surface area contributed by atoms with Gasteiger partial charge in [-0.15, -0.1) is 0 Å². The summed E-state index contributed by atoms with van der Waals surface area (Å²) in [5.74, 6) is -0.0264. The van der Waals surface area contributed by atoms with Crippen molar-refractivity contribution >= 4 is 11.6 Å². The third kappa shape index (κ3) is 2.97. The van der Waals surface area contributed by atoms with Crippen LogP contribution in [-0.2, 0) is 0 Å². The first-order chi connectivity index (χ1) is 8.19. The van der Waals surface area contributed by atoms with Gasteiger partial charge in [-0.2, -0.15) is 0 Å². The van der Waals surface area contributed by atoms with Crippen molar-refractivity contribution in [1.29, 1.82) is 0 Å². The molecule has 1 aromatic carbocycles. The van der Waals surface area contributed by atoms with E-state index < -0.39 is 0 Å². The molecule has 1 fully saturated rings. The van der Waals surface area contributed by atoms with E-state index in [1.807, 2.05) is 31.2 Å². The van der Waals surface area contributed by atoms with Crippen LogP contribution < -0.4 is 16.4 Å². The summed E-state index contributed by atoms with van der Waals surface area (Å²) in [6, 6.07) is 8.36. The van der Waals surface area contributed by atoms with E-state index in [2.05, 4.69) is 10.6 Å². The lowest BCUT2D eigenvalue weighted by molar-refractivity contribution is 0.0956. The number of carbonyl (C=O) groups excluding carboxylic acids is 1. The Morgan fingerprint density at radius 2 is 2.24 bits per heavy atom. The molecule has 0 heterocycles. The first kappa shape index (κ1) is 11.9. The van der Waals surface area contributed by atoms with Crippen LogP contribution in [0.5, 0.6) is 0 Å². The summed E-state index contributed by atoms with van der Waals surface area (Å²) < 4.78 is 0. The molecule has 0 aromatic heterocycles. The molecule has 1 aliphatic carbocycles. The van der Waals surface area contributed by atoms with Crippen molar-refractivity contribution in [3.05, 3.63) is 29.8 Å². The lowest BCUT2D eigenvalue weighted by atomic mass is 9.87. The van der Waals surface area contributed by atoms with Crippen LogP contribution >= 0.6 is 0 Å². The molecule has 0 saturated heterocycles. The number of anilines is 1. The highest BCUT2D eigenvalue weighted by molar-refractivity contribution is 5.95. The van der Waals surface area contributed by atoms with Crippen LogP contribution in [-0.4, -0.2) is 24.5 Å². The van der Waals surface area contributed by atoms with Crippen molar-refractivity contribution in [2.45, 2.75) is 31.8 Å². The van der Waals surface area contributed by atoms with E-state index in [4.69, 9.17) is 5.73 Å². The standard InChI is InChI=1S/C13H19N3O/c1-2-15-13(17)9-4-3-5-11(6-9)16-12-7-10(14)8-12/h3-6,10,12,16H,2,7-8,14H2,1H3,(H,15,17). The molecule has 0 aliphatic heterocycles. The maximum absolute atomic E-state index is 11.7. The van der Waals surface area contributed by atoms with Gasteiger partial charge in [0.2, 0.25) is 0 Å². The van der Waals surface area contributed by atoms with Crippen molar-refractivity contribution < 1.29 is 4.79 Å². The summed E-state index contributed by atoms with van der Waals surface area (Å²) in [4.78, 5) is 11.7. The van der Waals surface area contributed by atoms with Gasteiger partial charge in [-0.25, -0.2) is 0 Å². The van der Waals surface area contributed by atoms with E-state index in [1.165, 1.54) is 0 Å². The van der Waals surface area contributed by atoms with E-state index in [0.717, 1.165) is 18.5 Å². The van der Waals surface area contributed by atoms with Gasteiger partial charge in [-0.05, 0) is 38.0 Å². The number of hydrogen-bond acceptors (Lipinski definition) is 3. The second-order valence-electron chi connectivity index (χ2n) is 4.51. The molecule has 4 nitrogen and oxygen atoms in total. The minimum absolute atomic E-state index is 0.0264. The molecule has 0 unspecified atom stereocenters. The minimum Gasteiger partial charge on any atom is -0.382 e. The normalized spacial score (nSPS) is 22.7. The Hall–Kier alpha value is -1.55. The number of carbonyl (C=O) groups is 1. The Kier molecular flexibility index (Phi) is 3.64. The van der Waals surface area contributed by atoms with Crippen molar-refractivity contribution in [3.8, 4) is 0 Å². The molecule has 4 N–H and O–H groups in total. The Morgan fingerprint density at radius 3 is 2.88 bits per heavy atom. The average Bonchev–Trinajstić information content (AvgIpc) is 2.28. The highest BCUT2D eigenvalue weighted by Gasteiger charge is 2.25. The fraction of sp³-hybridized carbons (Fsp3) is 0.462. The summed E-state index contributed by atoms with van der Waals surface area (Å²) in [7, 11) is 0. The lowest BCUT2D eigenvalue weighted by Crippen LogP contribution is -2.44. The predicted octanol–water partition coefficient (Wildman–Crippen LogP) is 1.34. The summed E-state index contributed by atoms with van der Waals surface area (Å²) in [5, 5.41) is 6.18. The third-order valence-corrected chi connectivity index (χ3v) is 3.01. The number of hydrogen-bond donors (Lipinski definition) is 3. The number of amides is 1. The lowest BCUT2D eigenvalue weighted by Gasteiger charge is -2.33. The smallest absolute Gasteiger partial charge is 0.251 e. The molecule has 92 valence electrons. The van der Waals surface area contributed by atoms with E-state index in [1.54, 1.807) is 0 Å². The zero-order chi connectivity index (χ0) is 12.3. The van der Waals surface area contributed by atoms with Crippen molar-refractivity contribution in [2.75, 3.05) is 11.9 Å². The van der Waals surface area contributed by atoms with Gasteiger partial charge >= 0.3 is 0 Å². The van der Waals surface area contributed by atoms with Crippen LogP contribution in [0.2, 0.25) is 0 Å². The van der Waals surface area contributed by atoms with Crippen LogP contribution in [0.15, 0.2) is 24.3 Å². The SMILES string of the molecule is CCNC(=O)c1cccc(NC2CC(N)C2)c1. The van der Waals surface area contributed by atoms with Crippen LogP contribution in [0.3, 0.4) is 0 Å². The second-order valence-corrected chi connectivity index (χ2v) is 4.51. The summed E-state index contributed by atoms with van der Waals surface area (Å²) in [5.41, 5.74) is 7.42. The van der Waals surface area contributed by atoms with Gasteiger partial charge in [0, 0.05) is 29.9 Å². The third-order valence-electron chi connectivity index (χ3n) is 3.01. The van der Waals surface area contributed by atoms with E-state index in [-0.39, 0.29) is 5.91 Å². The molecule has 2 rings (SSSR count).